The molecule has 0 amide bonds. The molecule has 106 valence electrons. The molecule has 0 aliphatic carbocycles. The summed E-state index contributed by atoms with van der Waals surface area (Å²) in [7, 11) is -3.49. The zero-order chi connectivity index (χ0) is 14.8. The highest BCUT2D eigenvalue weighted by molar-refractivity contribution is 7.91. The number of aromatic nitrogens is 2. The highest BCUT2D eigenvalue weighted by atomic mass is 35.5. The molecule has 20 heavy (non-hydrogen) atoms. The maximum Gasteiger partial charge on any atom is 0.328 e. The van der Waals surface area contributed by atoms with Crippen LogP contribution in [0.3, 0.4) is 0 Å². The van der Waals surface area contributed by atoms with Gasteiger partial charge in [0.1, 0.15) is 5.02 Å². The van der Waals surface area contributed by atoms with Crippen LogP contribution in [0, 0.1) is 0 Å². The Morgan fingerprint density at radius 2 is 1.80 bits per heavy atom. The first-order chi connectivity index (χ1) is 9.40. The largest absolute Gasteiger partial charge is 0.328 e. The van der Waals surface area contributed by atoms with Gasteiger partial charge in [-0.3, -0.25) is 14.3 Å². The summed E-state index contributed by atoms with van der Waals surface area (Å²) in [5, 5.41) is -0.165. The second-order valence-corrected chi connectivity index (χ2v) is 6.58. The third-order valence-electron chi connectivity index (χ3n) is 2.67. The van der Waals surface area contributed by atoms with Crippen LogP contribution in [0.5, 0.6) is 0 Å². The van der Waals surface area contributed by atoms with E-state index in [9.17, 15) is 18.0 Å². The lowest BCUT2D eigenvalue weighted by Crippen LogP contribution is -2.31. The van der Waals surface area contributed by atoms with Gasteiger partial charge in [0.2, 0.25) is 0 Å². The lowest BCUT2D eigenvalue weighted by molar-refractivity contribution is 0.585. The van der Waals surface area contributed by atoms with Crippen molar-refractivity contribution in [3.05, 3.63) is 62.4 Å². The van der Waals surface area contributed by atoms with E-state index in [-0.39, 0.29) is 22.2 Å². The molecular formula is C12H11ClN2O4S. The summed E-state index contributed by atoms with van der Waals surface area (Å²) < 4.78 is 25.2. The van der Waals surface area contributed by atoms with Crippen LogP contribution in [0.4, 0.5) is 0 Å². The molecule has 0 fully saturated rings. The van der Waals surface area contributed by atoms with Crippen molar-refractivity contribution >= 4 is 21.4 Å². The number of halogens is 1. The minimum Gasteiger partial charge on any atom is -0.298 e. The summed E-state index contributed by atoms with van der Waals surface area (Å²) in [6.45, 7) is -0.0907. The fourth-order valence-corrected chi connectivity index (χ4v) is 3.02. The molecule has 0 radical (unpaired) electrons. The van der Waals surface area contributed by atoms with E-state index >= 15 is 0 Å². The lowest BCUT2D eigenvalue weighted by atomic mass is 10.4. The SMILES string of the molecule is O=c1[nH]c(=O)n(CCS(=O)(=O)c2ccccc2)cc1Cl. The Bertz CT molecular complexity index is 825. The quantitative estimate of drug-likeness (QED) is 0.898. The van der Waals surface area contributed by atoms with Crippen molar-refractivity contribution in [2.24, 2.45) is 0 Å². The summed E-state index contributed by atoms with van der Waals surface area (Å²) in [5.74, 6) is -0.265. The van der Waals surface area contributed by atoms with Gasteiger partial charge in [-0.25, -0.2) is 13.2 Å². The molecule has 1 aromatic heterocycles. The summed E-state index contributed by atoms with van der Waals surface area (Å²) in [6.07, 6.45) is 1.13. The van der Waals surface area contributed by atoms with Crippen LogP contribution in [0.15, 0.2) is 51.0 Å². The topological polar surface area (TPSA) is 89.0 Å². The average Bonchev–Trinajstić information content (AvgIpc) is 2.42. The number of hydrogen-bond donors (Lipinski definition) is 1. The van der Waals surface area contributed by atoms with E-state index in [1.165, 1.54) is 12.1 Å². The zero-order valence-electron chi connectivity index (χ0n) is 10.2. The summed E-state index contributed by atoms with van der Waals surface area (Å²) >= 11 is 5.60. The molecule has 0 aliphatic heterocycles. The van der Waals surface area contributed by atoms with Gasteiger partial charge in [-0.2, -0.15) is 0 Å². The Labute approximate surface area is 119 Å². The number of rotatable bonds is 4. The zero-order valence-corrected chi connectivity index (χ0v) is 11.8. The summed E-state index contributed by atoms with van der Waals surface area (Å²) in [4.78, 5) is 24.8. The molecule has 1 heterocycles. The Kier molecular flexibility index (Phi) is 4.10. The van der Waals surface area contributed by atoms with Crippen molar-refractivity contribution in [2.45, 2.75) is 11.4 Å². The van der Waals surface area contributed by atoms with Crippen molar-refractivity contribution in [1.82, 2.24) is 9.55 Å². The van der Waals surface area contributed by atoms with Gasteiger partial charge in [0.05, 0.1) is 10.6 Å². The number of hydrogen-bond acceptors (Lipinski definition) is 4. The second kappa shape index (κ2) is 5.64. The number of H-pyrrole nitrogens is 1. The Morgan fingerprint density at radius 1 is 1.15 bits per heavy atom. The average molecular weight is 315 g/mol. The van der Waals surface area contributed by atoms with Crippen LogP contribution in [-0.4, -0.2) is 23.7 Å². The predicted molar refractivity (Wildman–Crippen MR) is 74.8 cm³/mol. The van der Waals surface area contributed by atoms with Crippen LogP contribution in [0.25, 0.3) is 0 Å². The van der Waals surface area contributed by atoms with Gasteiger partial charge in [0.15, 0.2) is 9.84 Å². The molecule has 0 spiro atoms. The van der Waals surface area contributed by atoms with Gasteiger partial charge in [0.25, 0.3) is 5.56 Å². The molecule has 8 heteroatoms. The molecule has 6 nitrogen and oxygen atoms in total. The van der Waals surface area contributed by atoms with Gasteiger partial charge in [-0.15, -0.1) is 0 Å². The second-order valence-electron chi connectivity index (χ2n) is 4.06. The van der Waals surface area contributed by atoms with Crippen LogP contribution in [0.2, 0.25) is 5.02 Å². The molecule has 0 bridgehead atoms. The highest BCUT2D eigenvalue weighted by Crippen LogP contribution is 2.10. The van der Waals surface area contributed by atoms with E-state index < -0.39 is 21.1 Å². The number of nitrogens with zero attached hydrogens (tertiary/aromatic N) is 1. The van der Waals surface area contributed by atoms with Crippen LogP contribution >= 0.6 is 11.6 Å². The maximum atomic E-state index is 12.0. The third kappa shape index (κ3) is 3.17. The molecule has 0 unspecified atom stereocenters. The number of benzene rings is 1. The molecule has 1 N–H and O–H groups in total. The molecule has 0 saturated carbocycles. The van der Waals surface area contributed by atoms with Gasteiger partial charge < -0.3 is 0 Å². The van der Waals surface area contributed by atoms with Crippen molar-refractivity contribution < 1.29 is 8.42 Å². The first-order valence-corrected chi connectivity index (χ1v) is 7.70. The Hall–Kier alpha value is -1.86. The van der Waals surface area contributed by atoms with E-state index in [1.54, 1.807) is 18.2 Å². The first kappa shape index (κ1) is 14.5. The van der Waals surface area contributed by atoms with Crippen molar-refractivity contribution in [3.63, 3.8) is 0 Å². The number of sulfone groups is 1. The van der Waals surface area contributed by atoms with E-state index in [0.717, 1.165) is 10.8 Å². The number of aryl methyl sites for hydroxylation is 1. The van der Waals surface area contributed by atoms with E-state index in [1.807, 2.05) is 4.98 Å². The van der Waals surface area contributed by atoms with Crippen LogP contribution in [-0.2, 0) is 16.4 Å². The monoisotopic (exact) mass is 314 g/mol. The number of aromatic amines is 1. The van der Waals surface area contributed by atoms with E-state index in [4.69, 9.17) is 11.6 Å². The van der Waals surface area contributed by atoms with Crippen molar-refractivity contribution in [2.75, 3.05) is 5.75 Å². The first-order valence-electron chi connectivity index (χ1n) is 5.67. The lowest BCUT2D eigenvalue weighted by Gasteiger charge is -2.06. The fourth-order valence-electron chi connectivity index (χ4n) is 1.61. The third-order valence-corrected chi connectivity index (χ3v) is 4.65. The minimum absolute atomic E-state index is 0.0907. The molecule has 2 rings (SSSR count). The van der Waals surface area contributed by atoms with Crippen molar-refractivity contribution in [3.8, 4) is 0 Å². The predicted octanol–water partition coefficient (Wildman–Crippen LogP) is 0.664. The highest BCUT2D eigenvalue weighted by Gasteiger charge is 2.14. The van der Waals surface area contributed by atoms with Gasteiger partial charge in [0, 0.05) is 12.7 Å². The molecule has 0 saturated heterocycles. The molecule has 1 aromatic carbocycles. The summed E-state index contributed by atoms with van der Waals surface area (Å²) in [5.41, 5.74) is -1.39. The smallest absolute Gasteiger partial charge is 0.298 e. The van der Waals surface area contributed by atoms with Crippen molar-refractivity contribution in [1.29, 1.82) is 0 Å². The Balaban J connectivity index is 2.24. The number of nitrogens with one attached hydrogen (secondary N) is 1. The van der Waals surface area contributed by atoms with Gasteiger partial charge in [-0.1, -0.05) is 29.8 Å². The summed E-state index contributed by atoms with van der Waals surface area (Å²) in [6, 6.07) is 7.92. The molecular weight excluding hydrogens is 304 g/mol. The maximum absolute atomic E-state index is 12.0. The fraction of sp³-hybridized carbons (Fsp3) is 0.167. The minimum atomic E-state index is -3.49. The molecule has 0 aliphatic rings. The van der Waals surface area contributed by atoms with Gasteiger partial charge >= 0.3 is 5.69 Å². The van der Waals surface area contributed by atoms with Gasteiger partial charge in [-0.05, 0) is 12.1 Å². The Morgan fingerprint density at radius 3 is 2.45 bits per heavy atom. The normalized spacial score (nSPS) is 11.4. The van der Waals surface area contributed by atoms with Crippen LogP contribution in [0.1, 0.15) is 0 Å². The molecule has 2 aromatic rings. The van der Waals surface area contributed by atoms with E-state index in [2.05, 4.69) is 0 Å². The van der Waals surface area contributed by atoms with Crippen LogP contribution < -0.4 is 11.2 Å². The molecule has 0 atom stereocenters. The standard InChI is InChI=1S/C12H11ClN2O4S/c13-10-8-15(12(17)14-11(10)16)6-7-20(18,19)9-4-2-1-3-5-9/h1-5,8H,6-7H2,(H,14,16,17). The van der Waals surface area contributed by atoms with E-state index in [0.29, 0.717) is 0 Å².